The highest BCUT2D eigenvalue weighted by molar-refractivity contribution is 5.85. The van der Waals surface area contributed by atoms with E-state index in [9.17, 15) is 14.7 Å². The van der Waals surface area contributed by atoms with E-state index >= 15 is 0 Å². The smallest absolute Gasteiger partial charge is 0.408 e. The van der Waals surface area contributed by atoms with E-state index in [0.717, 1.165) is 5.56 Å². The third kappa shape index (κ3) is 10.3. The lowest BCUT2D eigenvalue weighted by molar-refractivity contribution is -0.125. The first-order chi connectivity index (χ1) is 13.7. The number of rotatable bonds is 12. The zero-order valence-corrected chi connectivity index (χ0v) is 18.2. The molecule has 0 aromatic heterocycles. The number of ether oxygens (including phenoxy) is 2. The first-order valence-electron chi connectivity index (χ1n) is 10.2. The maximum atomic E-state index is 12.9. The van der Waals surface area contributed by atoms with Crippen LogP contribution in [0.3, 0.4) is 0 Å². The summed E-state index contributed by atoms with van der Waals surface area (Å²) in [6, 6.07) is 8.14. The molecule has 0 bridgehead atoms. The molecule has 1 rings (SSSR count). The number of benzene rings is 1. The molecule has 7 nitrogen and oxygen atoms in total. The van der Waals surface area contributed by atoms with Crippen LogP contribution in [0.25, 0.3) is 0 Å². The van der Waals surface area contributed by atoms with E-state index in [4.69, 9.17) is 9.47 Å². The molecule has 0 saturated heterocycles. The second kappa shape index (κ2) is 13.2. The Labute approximate surface area is 174 Å². The minimum Gasteiger partial charge on any atom is -0.445 e. The molecule has 1 aromatic rings. The molecule has 2 amide bonds. The van der Waals surface area contributed by atoms with Crippen LogP contribution in [0.5, 0.6) is 0 Å². The van der Waals surface area contributed by atoms with Gasteiger partial charge in [0.05, 0.1) is 18.8 Å². The van der Waals surface area contributed by atoms with Gasteiger partial charge < -0.3 is 25.2 Å². The number of aliphatic hydroxyl groups excluding tert-OH is 1. The second-order valence-corrected chi connectivity index (χ2v) is 8.16. The SMILES string of the molecule is COCC(O)C(CC(C)C)NC(=O)C(CC(C)C)NC(=O)OCc1ccccc1. The zero-order valence-electron chi connectivity index (χ0n) is 18.2. The minimum atomic E-state index is -0.823. The molecule has 0 aliphatic rings. The molecule has 164 valence electrons. The Balaban J connectivity index is 2.72. The number of amides is 2. The maximum absolute atomic E-state index is 12.9. The quantitative estimate of drug-likeness (QED) is 0.494. The fraction of sp³-hybridized carbons (Fsp3) is 0.636. The summed E-state index contributed by atoms with van der Waals surface area (Å²) < 4.78 is 10.3. The summed E-state index contributed by atoms with van der Waals surface area (Å²) in [5.41, 5.74) is 0.868. The van der Waals surface area contributed by atoms with Gasteiger partial charge in [-0.1, -0.05) is 58.0 Å². The molecule has 0 saturated carbocycles. The second-order valence-electron chi connectivity index (χ2n) is 8.16. The fourth-order valence-electron chi connectivity index (χ4n) is 3.00. The summed E-state index contributed by atoms with van der Waals surface area (Å²) >= 11 is 0. The summed E-state index contributed by atoms with van der Waals surface area (Å²) in [4.78, 5) is 25.1. The Morgan fingerprint density at radius 1 is 1.00 bits per heavy atom. The van der Waals surface area contributed by atoms with Crippen LogP contribution >= 0.6 is 0 Å². The first kappa shape index (κ1) is 24.9. The van der Waals surface area contributed by atoms with Gasteiger partial charge in [-0.2, -0.15) is 0 Å². The lowest BCUT2D eigenvalue weighted by atomic mass is 9.97. The number of alkyl carbamates (subject to hydrolysis) is 1. The summed E-state index contributed by atoms with van der Waals surface area (Å²) in [5, 5.41) is 15.9. The molecule has 3 atom stereocenters. The van der Waals surface area contributed by atoms with Crippen LogP contribution in [0.4, 0.5) is 4.79 Å². The van der Waals surface area contributed by atoms with Crippen LogP contribution in [-0.4, -0.2) is 49.0 Å². The summed E-state index contributed by atoms with van der Waals surface area (Å²) in [7, 11) is 1.50. The van der Waals surface area contributed by atoms with Gasteiger partial charge in [-0.05, 0) is 30.2 Å². The number of carbonyl (C=O) groups excluding carboxylic acids is 2. The number of hydrogen-bond donors (Lipinski definition) is 3. The Kier molecular flexibility index (Phi) is 11.3. The maximum Gasteiger partial charge on any atom is 0.408 e. The summed E-state index contributed by atoms with van der Waals surface area (Å²) in [5.74, 6) is 0.128. The highest BCUT2D eigenvalue weighted by Crippen LogP contribution is 2.12. The van der Waals surface area contributed by atoms with Crippen molar-refractivity contribution in [2.24, 2.45) is 11.8 Å². The van der Waals surface area contributed by atoms with Crippen LogP contribution in [0.1, 0.15) is 46.1 Å². The van der Waals surface area contributed by atoms with Crippen molar-refractivity contribution < 1.29 is 24.2 Å². The molecule has 3 unspecified atom stereocenters. The van der Waals surface area contributed by atoms with Crippen molar-refractivity contribution in [2.75, 3.05) is 13.7 Å². The Morgan fingerprint density at radius 2 is 1.62 bits per heavy atom. The van der Waals surface area contributed by atoms with Gasteiger partial charge in [0.2, 0.25) is 5.91 Å². The predicted molar refractivity (Wildman–Crippen MR) is 112 cm³/mol. The van der Waals surface area contributed by atoms with Crippen molar-refractivity contribution in [3.8, 4) is 0 Å². The monoisotopic (exact) mass is 408 g/mol. The highest BCUT2D eigenvalue weighted by Gasteiger charge is 2.28. The molecule has 29 heavy (non-hydrogen) atoms. The molecule has 0 fully saturated rings. The normalized spacial score (nSPS) is 14.3. The number of aliphatic hydroxyl groups is 1. The van der Waals surface area contributed by atoms with E-state index in [0.29, 0.717) is 12.8 Å². The van der Waals surface area contributed by atoms with E-state index < -0.39 is 24.3 Å². The van der Waals surface area contributed by atoms with Gasteiger partial charge in [0, 0.05) is 7.11 Å². The molecule has 0 aliphatic heterocycles. The van der Waals surface area contributed by atoms with Gasteiger partial charge >= 0.3 is 6.09 Å². The van der Waals surface area contributed by atoms with Crippen LogP contribution in [0.2, 0.25) is 0 Å². The van der Waals surface area contributed by atoms with Crippen LogP contribution in [0, 0.1) is 11.8 Å². The number of methoxy groups -OCH3 is 1. The largest absolute Gasteiger partial charge is 0.445 e. The van der Waals surface area contributed by atoms with Gasteiger partial charge in [-0.25, -0.2) is 4.79 Å². The van der Waals surface area contributed by atoms with Gasteiger partial charge in [0.1, 0.15) is 12.6 Å². The Hall–Kier alpha value is -2.12. The molecule has 7 heteroatoms. The predicted octanol–water partition coefficient (Wildman–Crippen LogP) is 2.87. The van der Waals surface area contributed by atoms with E-state index in [-0.39, 0.29) is 31.0 Å². The number of nitrogens with one attached hydrogen (secondary N) is 2. The fourth-order valence-corrected chi connectivity index (χ4v) is 3.00. The van der Waals surface area contributed by atoms with Gasteiger partial charge in [0.25, 0.3) is 0 Å². The molecular formula is C22H36N2O5. The van der Waals surface area contributed by atoms with E-state index in [2.05, 4.69) is 10.6 Å². The van der Waals surface area contributed by atoms with Gasteiger partial charge in [0.15, 0.2) is 0 Å². The van der Waals surface area contributed by atoms with Crippen molar-refractivity contribution in [1.29, 1.82) is 0 Å². The Bertz CT molecular complexity index is 606. The minimum absolute atomic E-state index is 0.124. The molecule has 0 radical (unpaired) electrons. The van der Waals surface area contributed by atoms with E-state index in [1.165, 1.54) is 7.11 Å². The first-order valence-corrected chi connectivity index (χ1v) is 10.2. The van der Waals surface area contributed by atoms with Crippen molar-refractivity contribution in [2.45, 2.75) is 65.3 Å². The lowest BCUT2D eigenvalue weighted by Crippen LogP contribution is -2.54. The van der Waals surface area contributed by atoms with Crippen LogP contribution in [0.15, 0.2) is 30.3 Å². The van der Waals surface area contributed by atoms with Gasteiger partial charge in [-0.15, -0.1) is 0 Å². The third-order valence-electron chi connectivity index (χ3n) is 4.38. The molecule has 0 heterocycles. The van der Waals surface area contributed by atoms with Crippen molar-refractivity contribution in [3.05, 3.63) is 35.9 Å². The molecule has 0 spiro atoms. The van der Waals surface area contributed by atoms with Gasteiger partial charge in [-0.3, -0.25) is 4.79 Å². The topological polar surface area (TPSA) is 96.9 Å². The summed E-state index contributed by atoms with van der Waals surface area (Å²) in [6.07, 6.45) is -0.409. The molecular weight excluding hydrogens is 372 g/mol. The number of hydrogen-bond acceptors (Lipinski definition) is 5. The van der Waals surface area contributed by atoms with Crippen molar-refractivity contribution >= 4 is 12.0 Å². The van der Waals surface area contributed by atoms with Crippen molar-refractivity contribution in [3.63, 3.8) is 0 Å². The van der Waals surface area contributed by atoms with E-state index in [1.54, 1.807) is 0 Å². The average molecular weight is 409 g/mol. The third-order valence-corrected chi connectivity index (χ3v) is 4.38. The summed E-state index contributed by atoms with van der Waals surface area (Å²) in [6.45, 7) is 8.24. The van der Waals surface area contributed by atoms with Crippen LogP contribution < -0.4 is 10.6 Å². The average Bonchev–Trinajstić information content (AvgIpc) is 2.65. The molecule has 1 aromatic carbocycles. The lowest BCUT2D eigenvalue weighted by Gasteiger charge is -2.28. The van der Waals surface area contributed by atoms with Crippen LogP contribution in [-0.2, 0) is 20.9 Å². The molecule has 0 aliphatic carbocycles. The van der Waals surface area contributed by atoms with E-state index in [1.807, 2.05) is 58.0 Å². The zero-order chi connectivity index (χ0) is 21.8. The Morgan fingerprint density at radius 3 is 2.17 bits per heavy atom. The molecule has 3 N–H and O–H groups in total. The standard InChI is InChI=1S/C22H36N2O5/c1-15(2)11-18(20(25)14-28-5)23-21(26)19(12-16(3)4)24-22(27)29-13-17-9-7-6-8-10-17/h6-10,15-16,18-20,25H,11-14H2,1-5H3,(H,23,26)(H,24,27). The number of carbonyl (C=O) groups is 2. The van der Waals surface area contributed by atoms with Crippen molar-refractivity contribution in [1.82, 2.24) is 10.6 Å². The highest BCUT2D eigenvalue weighted by atomic mass is 16.5.